The molecule has 1 saturated heterocycles. The molecule has 2 heterocycles. The number of rotatable bonds is 2. The zero-order chi connectivity index (χ0) is 14.6. The Bertz CT molecular complexity index is 522. The molecule has 0 spiro atoms. The van der Waals surface area contributed by atoms with Crippen molar-refractivity contribution in [3.05, 3.63) is 32.6 Å². The number of aliphatic hydroxyl groups is 2. The SMILES string of the molecule is CC.Cc1cn(C2C[C@H](O)C(CO)O2)c(=O)[nH]c1=O. The molecule has 19 heavy (non-hydrogen) atoms. The van der Waals surface area contributed by atoms with Crippen LogP contribution in [0.15, 0.2) is 15.8 Å². The Morgan fingerprint density at radius 1 is 1.47 bits per heavy atom. The van der Waals surface area contributed by atoms with Gasteiger partial charge in [0.05, 0.1) is 12.7 Å². The lowest BCUT2D eigenvalue weighted by Crippen LogP contribution is -2.33. The standard InChI is InChI=1S/C10H14N2O5.C2H6/c1-5-3-12(10(16)11-9(5)15)8-2-6(14)7(4-13)17-8;1-2/h3,6-8,13-14H,2,4H2,1H3,(H,11,15,16);1-2H3/t6-,7?,8?;/m0./s1. The van der Waals surface area contributed by atoms with Crippen LogP contribution in [0.5, 0.6) is 0 Å². The molecule has 7 nitrogen and oxygen atoms in total. The molecule has 0 saturated carbocycles. The summed E-state index contributed by atoms with van der Waals surface area (Å²) in [5.41, 5.74) is -0.643. The number of H-pyrrole nitrogens is 1. The molecule has 1 fully saturated rings. The van der Waals surface area contributed by atoms with E-state index in [4.69, 9.17) is 9.84 Å². The molecule has 3 N–H and O–H groups in total. The fraction of sp³-hybridized carbons (Fsp3) is 0.667. The summed E-state index contributed by atoms with van der Waals surface area (Å²) < 4.78 is 6.54. The second-order valence-corrected chi connectivity index (χ2v) is 4.09. The highest BCUT2D eigenvalue weighted by Crippen LogP contribution is 2.27. The minimum absolute atomic E-state index is 0.205. The van der Waals surface area contributed by atoms with E-state index in [2.05, 4.69) is 4.98 Å². The molecule has 1 aliphatic heterocycles. The van der Waals surface area contributed by atoms with E-state index in [0.717, 1.165) is 0 Å². The summed E-state index contributed by atoms with van der Waals surface area (Å²) in [4.78, 5) is 24.9. The van der Waals surface area contributed by atoms with Crippen molar-refractivity contribution in [1.82, 2.24) is 9.55 Å². The Morgan fingerprint density at radius 3 is 2.63 bits per heavy atom. The van der Waals surface area contributed by atoms with Crippen molar-refractivity contribution in [2.45, 2.75) is 45.6 Å². The molecular formula is C12H20N2O5. The molecule has 7 heteroatoms. The Hall–Kier alpha value is -1.44. The van der Waals surface area contributed by atoms with Crippen molar-refractivity contribution in [3.63, 3.8) is 0 Å². The van der Waals surface area contributed by atoms with Gasteiger partial charge < -0.3 is 14.9 Å². The van der Waals surface area contributed by atoms with Crippen LogP contribution in [0.3, 0.4) is 0 Å². The van der Waals surface area contributed by atoms with Crippen LogP contribution in [0.25, 0.3) is 0 Å². The second kappa shape index (κ2) is 6.65. The van der Waals surface area contributed by atoms with E-state index >= 15 is 0 Å². The average Bonchev–Trinajstić information content (AvgIpc) is 2.77. The highest BCUT2D eigenvalue weighted by Gasteiger charge is 2.34. The number of aryl methyl sites for hydroxylation is 1. The summed E-state index contributed by atoms with van der Waals surface area (Å²) in [6.45, 7) is 5.26. The minimum atomic E-state index is -0.816. The number of aromatic amines is 1. The molecule has 1 aromatic heterocycles. The van der Waals surface area contributed by atoms with Gasteiger partial charge in [0.1, 0.15) is 12.3 Å². The maximum atomic E-state index is 11.6. The van der Waals surface area contributed by atoms with Crippen LogP contribution in [-0.4, -0.2) is 38.6 Å². The molecule has 2 unspecified atom stereocenters. The lowest BCUT2D eigenvalue weighted by molar-refractivity contribution is -0.0459. The second-order valence-electron chi connectivity index (χ2n) is 4.09. The number of nitrogens with zero attached hydrogens (tertiary/aromatic N) is 1. The van der Waals surface area contributed by atoms with E-state index in [1.54, 1.807) is 6.92 Å². The number of aromatic nitrogens is 2. The van der Waals surface area contributed by atoms with Crippen molar-refractivity contribution >= 4 is 0 Å². The first kappa shape index (κ1) is 15.6. The molecule has 0 aromatic carbocycles. The van der Waals surface area contributed by atoms with E-state index in [1.807, 2.05) is 13.8 Å². The summed E-state index contributed by atoms with van der Waals surface area (Å²) in [6, 6.07) is 0. The van der Waals surface area contributed by atoms with Gasteiger partial charge in [-0.15, -0.1) is 0 Å². The van der Waals surface area contributed by atoms with Gasteiger partial charge in [0.25, 0.3) is 5.56 Å². The highest BCUT2D eigenvalue weighted by molar-refractivity contribution is 5.02. The van der Waals surface area contributed by atoms with Crippen molar-refractivity contribution in [1.29, 1.82) is 0 Å². The summed E-state index contributed by atoms with van der Waals surface area (Å²) >= 11 is 0. The van der Waals surface area contributed by atoms with Gasteiger partial charge in [0, 0.05) is 18.2 Å². The van der Waals surface area contributed by atoms with Gasteiger partial charge in [-0.05, 0) is 6.92 Å². The van der Waals surface area contributed by atoms with Gasteiger partial charge in [-0.3, -0.25) is 14.3 Å². The average molecular weight is 272 g/mol. The lowest BCUT2D eigenvalue weighted by Gasteiger charge is -2.14. The molecule has 0 bridgehead atoms. The van der Waals surface area contributed by atoms with Crippen molar-refractivity contribution in [3.8, 4) is 0 Å². The molecule has 3 atom stereocenters. The predicted molar refractivity (Wildman–Crippen MR) is 69.0 cm³/mol. The largest absolute Gasteiger partial charge is 0.394 e. The quantitative estimate of drug-likeness (QED) is 0.674. The van der Waals surface area contributed by atoms with Crippen molar-refractivity contribution in [2.24, 2.45) is 0 Å². The molecule has 108 valence electrons. The normalized spacial score (nSPS) is 25.8. The summed E-state index contributed by atoms with van der Waals surface area (Å²) in [6.07, 6.45) is -0.581. The van der Waals surface area contributed by atoms with Gasteiger partial charge in [0.15, 0.2) is 0 Å². The maximum Gasteiger partial charge on any atom is 0.330 e. The van der Waals surface area contributed by atoms with Gasteiger partial charge in [-0.1, -0.05) is 13.8 Å². The van der Waals surface area contributed by atoms with Crippen LogP contribution >= 0.6 is 0 Å². The van der Waals surface area contributed by atoms with Gasteiger partial charge in [-0.2, -0.15) is 0 Å². The summed E-state index contributed by atoms with van der Waals surface area (Å²) in [7, 11) is 0. The fourth-order valence-corrected chi connectivity index (χ4v) is 1.85. The van der Waals surface area contributed by atoms with E-state index in [-0.39, 0.29) is 13.0 Å². The summed E-state index contributed by atoms with van der Waals surface area (Å²) in [5, 5.41) is 18.5. The van der Waals surface area contributed by atoms with Crippen LogP contribution < -0.4 is 11.2 Å². The van der Waals surface area contributed by atoms with Gasteiger partial charge in [-0.25, -0.2) is 4.79 Å². The molecule has 0 aliphatic carbocycles. The molecule has 1 aromatic rings. The maximum absolute atomic E-state index is 11.6. The lowest BCUT2D eigenvalue weighted by atomic mass is 10.2. The molecule has 1 aliphatic rings. The van der Waals surface area contributed by atoms with Crippen molar-refractivity contribution < 1.29 is 14.9 Å². The monoisotopic (exact) mass is 272 g/mol. The highest BCUT2D eigenvalue weighted by atomic mass is 16.5. The first-order chi connectivity index (χ1) is 9.02. The van der Waals surface area contributed by atoms with Crippen molar-refractivity contribution in [2.75, 3.05) is 6.61 Å². The third-order valence-electron chi connectivity index (χ3n) is 2.84. The number of hydrogen-bond donors (Lipinski definition) is 3. The topological polar surface area (TPSA) is 105 Å². The molecule has 0 amide bonds. The van der Waals surface area contributed by atoms with Crippen LogP contribution in [0.4, 0.5) is 0 Å². The van der Waals surface area contributed by atoms with Crippen LogP contribution in [0, 0.1) is 6.92 Å². The first-order valence-electron chi connectivity index (χ1n) is 6.29. The van der Waals surface area contributed by atoms with E-state index < -0.39 is 29.7 Å². The third-order valence-corrected chi connectivity index (χ3v) is 2.84. The number of ether oxygens (including phenoxy) is 1. The number of nitrogens with one attached hydrogen (secondary N) is 1. The van der Waals surface area contributed by atoms with Crippen LogP contribution in [0.1, 0.15) is 32.1 Å². The number of aliphatic hydroxyl groups excluding tert-OH is 2. The predicted octanol–water partition coefficient (Wildman–Crippen LogP) is -0.488. The van der Waals surface area contributed by atoms with Gasteiger partial charge in [0.2, 0.25) is 0 Å². The Balaban J connectivity index is 0.000000861. The summed E-state index contributed by atoms with van der Waals surface area (Å²) in [5.74, 6) is 0. The van der Waals surface area contributed by atoms with E-state index in [0.29, 0.717) is 5.56 Å². The zero-order valence-corrected chi connectivity index (χ0v) is 11.3. The fourth-order valence-electron chi connectivity index (χ4n) is 1.85. The van der Waals surface area contributed by atoms with E-state index in [9.17, 15) is 14.7 Å². The third kappa shape index (κ3) is 3.31. The zero-order valence-electron chi connectivity index (χ0n) is 11.3. The van der Waals surface area contributed by atoms with Crippen LogP contribution in [0.2, 0.25) is 0 Å². The smallest absolute Gasteiger partial charge is 0.330 e. The van der Waals surface area contributed by atoms with Gasteiger partial charge >= 0.3 is 5.69 Å². The Kier molecular flexibility index (Phi) is 5.46. The van der Waals surface area contributed by atoms with Crippen LogP contribution in [-0.2, 0) is 4.74 Å². The molecule has 0 radical (unpaired) electrons. The molecular weight excluding hydrogens is 252 g/mol. The Morgan fingerprint density at radius 2 is 2.11 bits per heavy atom. The Labute approximate surface area is 110 Å². The minimum Gasteiger partial charge on any atom is -0.394 e. The van der Waals surface area contributed by atoms with E-state index in [1.165, 1.54) is 10.8 Å². The molecule has 2 rings (SSSR count). The first-order valence-corrected chi connectivity index (χ1v) is 6.29. The number of hydrogen-bond acceptors (Lipinski definition) is 5.